The van der Waals surface area contributed by atoms with Crippen LogP contribution in [0.4, 0.5) is 11.4 Å². The molecular weight excluding hydrogens is 650 g/mol. The lowest BCUT2D eigenvalue weighted by atomic mass is 10.1. The van der Waals surface area contributed by atoms with Crippen molar-refractivity contribution >= 4 is 64.9 Å². The molecule has 4 aromatic rings. The molecule has 0 unspecified atom stereocenters. The first kappa shape index (κ1) is 29.3. The molecule has 0 aliphatic carbocycles. The Bertz CT molecular complexity index is 1780. The first-order valence-electron chi connectivity index (χ1n) is 12.5. The zero-order valence-electron chi connectivity index (χ0n) is 21.6. The molecular formula is C29H25BrClN3O5S2. The molecule has 0 aromatic heterocycles. The second-order valence-electron chi connectivity index (χ2n) is 9.39. The minimum Gasteiger partial charge on any atom is -0.325 e. The van der Waals surface area contributed by atoms with E-state index < -0.39 is 32.5 Å². The summed E-state index contributed by atoms with van der Waals surface area (Å²) in [4.78, 5) is 13.4. The fraction of sp³-hybridized carbons (Fsp3) is 0.138. The zero-order valence-corrected chi connectivity index (χ0v) is 25.5. The zero-order chi connectivity index (χ0) is 29.2. The maximum absolute atomic E-state index is 13.5. The van der Waals surface area contributed by atoms with Crippen molar-refractivity contribution in [3.05, 3.63) is 118 Å². The Kier molecular flexibility index (Phi) is 8.53. The Balaban J connectivity index is 1.38. The molecule has 5 rings (SSSR count). The van der Waals surface area contributed by atoms with Crippen molar-refractivity contribution in [2.75, 3.05) is 22.7 Å². The Hall–Kier alpha value is -3.22. The van der Waals surface area contributed by atoms with Crippen LogP contribution in [0, 0.1) is 0 Å². The SMILES string of the molecule is O=C(CN(Cc1ccccc1)S(=O)(=O)c1ccc(Br)cc1)Nc1ccc2c(c1)N(S(=O)(=O)c1ccc(Cl)cc1)CC2. The van der Waals surface area contributed by atoms with Crippen LogP contribution in [-0.2, 0) is 37.8 Å². The van der Waals surface area contributed by atoms with Gasteiger partial charge in [0.1, 0.15) is 0 Å². The number of anilines is 2. The number of fused-ring (bicyclic) bond motifs is 1. The van der Waals surface area contributed by atoms with Crippen molar-refractivity contribution in [3.63, 3.8) is 0 Å². The summed E-state index contributed by atoms with van der Waals surface area (Å²) in [7, 11) is -7.87. The molecule has 0 radical (unpaired) electrons. The van der Waals surface area contributed by atoms with Crippen LogP contribution in [0.25, 0.3) is 0 Å². The highest BCUT2D eigenvalue weighted by Crippen LogP contribution is 2.35. The molecule has 0 bridgehead atoms. The van der Waals surface area contributed by atoms with Crippen LogP contribution in [0.5, 0.6) is 0 Å². The molecule has 41 heavy (non-hydrogen) atoms. The molecule has 8 nitrogen and oxygen atoms in total. The third-order valence-electron chi connectivity index (χ3n) is 6.60. The third-order valence-corrected chi connectivity index (χ3v) is 11.0. The van der Waals surface area contributed by atoms with Gasteiger partial charge in [0.15, 0.2) is 0 Å². The van der Waals surface area contributed by atoms with Gasteiger partial charge in [-0.15, -0.1) is 0 Å². The summed E-state index contributed by atoms with van der Waals surface area (Å²) in [5, 5.41) is 3.18. The first-order chi connectivity index (χ1) is 19.5. The standard InChI is InChI=1S/C29H25BrClN3O5S2/c30-23-7-12-26(13-8-23)40(36,37)33(19-21-4-2-1-3-5-21)20-29(35)32-25-11-6-22-16-17-34(28(22)18-25)41(38,39)27-14-9-24(31)10-15-27/h1-15,18H,16-17,19-20H2,(H,32,35). The maximum Gasteiger partial charge on any atom is 0.264 e. The van der Waals surface area contributed by atoms with Crippen LogP contribution in [0.15, 0.2) is 111 Å². The Labute approximate surface area is 252 Å². The number of hydrogen-bond acceptors (Lipinski definition) is 5. The highest BCUT2D eigenvalue weighted by atomic mass is 79.9. The molecule has 0 saturated heterocycles. The van der Waals surface area contributed by atoms with Crippen LogP contribution < -0.4 is 9.62 Å². The number of amides is 1. The molecule has 0 saturated carbocycles. The van der Waals surface area contributed by atoms with E-state index in [0.29, 0.717) is 22.8 Å². The van der Waals surface area contributed by atoms with Crippen LogP contribution >= 0.6 is 27.5 Å². The monoisotopic (exact) mass is 673 g/mol. The Morgan fingerprint density at radius 2 is 1.54 bits per heavy atom. The largest absolute Gasteiger partial charge is 0.325 e. The van der Waals surface area contributed by atoms with E-state index in [1.165, 1.54) is 40.7 Å². The van der Waals surface area contributed by atoms with Gasteiger partial charge in [0.05, 0.1) is 22.0 Å². The lowest BCUT2D eigenvalue weighted by Crippen LogP contribution is -2.37. The Morgan fingerprint density at radius 1 is 0.878 bits per heavy atom. The minimum atomic E-state index is -4.02. The summed E-state index contributed by atoms with van der Waals surface area (Å²) in [6.07, 6.45) is 0.521. The first-order valence-corrected chi connectivity index (χ1v) is 16.6. The van der Waals surface area contributed by atoms with E-state index >= 15 is 0 Å². The average Bonchev–Trinajstić information content (AvgIpc) is 3.38. The highest BCUT2D eigenvalue weighted by molar-refractivity contribution is 9.10. The van der Waals surface area contributed by atoms with E-state index in [1.54, 1.807) is 54.6 Å². The molecule has 1 heterocycles. The van der Waals surface area contributed by atoms with Gasteiger partial charge < -0.3 is 5.32 Å². The van der Waals surface area contributed by atoms with E-state index in [2.05, 4.69) is 21.2 Å². The molecule has 1 aliphatic rings. The number of sulfonamides is 2. The number of halogens is 2. The molecule has 1 aliphatic heterocycles. The van der Waals surface area contributed by atoms with Gasteiger partial charge in [-0.3, -0.25) is 9.10 Å². The number of nitrogens with zero attached hydrogens (tertiary/aromatic N) is 2. The average molecular weight is 675 g/mol. The van der Waals surface area contributed by atoms with Crippen LogP contribution in [0.3, 0.4) is 0 Å². The smallest absolute Gasteiger partial charge is 0.264 e. The number of carbonyl (C=O) groups excluding carboxylic acids is 1. The van der Waals surface area contributed by atoms with Crippen LogP contribution in [0.1, 0.15) is 11.1 Å². The Morgan fingerprint density at radius 3 is 2.22 bits per heavy atom. The van der Waals surface area contributed by atoms with E-state index in [1.807, 2.05) is 6.07 Å². The van der Waals surface area contributed by atoms with E-state index in [-0.39, 0.29) is 22.9 Å². The van der Waals surface area contributed by atoms with Gasteiger partial charge in [0, 0.05) is 28.3 Å². The molecule has 0 fully saturated rings. The number of nitrogens with one attached hydrogen (secondary N) is 1. The lowest BCUT2D eigenvalue weighted by molar-refractivity contribution is -0.116. The van der Waals surface area contributed by atoms with E-state index in [4.69, 9.17) is 11.6 Å². The summed E-state index contributed by atoms with van der Waals surface area (Å²) >= 11 is 9.25. The van der Waals surface area contributed by atoms with Gasteiger partial charge in [-0.2, -0.15) is 4.31 Å². The third kappa shape index (κ3) is 6.49. The van der Waals surface area contributed by atoms with E-state index in [0.717, 1.165) is 19.9 Å². The van der Waals surface area contributed by atoms with Gasteiger partial charge in [-0.05, 0) is 78.2 Å². The fourth-order valence-corrected chi connectivity index (χ4v) is 7.81. The molecule has 0 spiro atoms. The van der Waals surface area contributed by atoms with Gasteiger partial charge in [0.25, 0.3) is 10.0 Å². The quantitative estimate of drug-likeness (QED) is 0.246. The highest BCUT2D eigenvalue weighted by Gasteiger charge is 2.32. The van der Waals surface area contributed by atoms with Crippen LogP contribution in [0.2, 0.25) is 5.02 Å². The maximum atomic E-state index is 13.5. The number of hydrogen-bond donors (Lipinski definition) is 1. The normalized spacial score (nSPS) is 13.3. The van der Waals surface area contributed by atoms with Crippen molar-refractivity contribution < 1.29 is 21.6 Å². The summed E-state index contributed by atoms with van der Waals surface area (Å²) in [5.74, 6) is -0.563. The predicted octanol–water partition coefficient (Wildman–Crippen LogP) is 5.68. The van der Waals surface area contributed by atoms with Gasteiger partial charge in [0.2, 0.25) is 15.9 Å². The van der Waals surface area contributed by atoms with Crippen LogP contribution in [-0.4, -0.2) is 40.1 Å². The molecule has 4 aromatic carbocycles. The molecule has 212 valence electrons. The lowest BCUT2D eigenvalue weighted by Gasteiger charge is -2.23. The summed E-state index contributed by atoms with van der Waals surface area (Å²) in [6, 6.07) is 26.2. The van der Waals surface area contributed by atoms with Gasteiger partial charge >= 0.3 is 0 Å². The van der Waals surface area contributed by atoms with Crippen molar-refractivity contribution in [2.24, 2.45) is 0 Å². The fourth-order valence-electron chi connectivity index (χ4n) is 4.54. The minimum absolute atomic E-state index is 0.00996. The van der Waals surface area contributed by atoms with Crippen molar-refractivity contribution in [3.8, 4) is 0 Å². The van der Waals surface area contributed by atoms with E-state index in [9.17, 15) is 21.6 Å². The second-order valence-corrected chi connectivity index (χ2v) is 14.5. The number of carbonyl (C=O) groups is 1. The van der Waals surface area contributed by atoms with Crippen molar-refractivity contribution in [2.45, 2.75) is 22.8 Å². The summed E-state index contributed by atoms with van der Waals surface area (Å²) in [6.45, 7) is -0.199. The van der Waals surface area contributed by atoms with Gasteiger partial charge in [-0.25, -0.2) is 16.8 Å². The molecule has 1 amide bonds. The number of rotatable bonds is 9. The summed E-state index contributed by atoms with van der Waals surface area (Å²) < 4.78 is 56.9. The second kappa shape index (κ2) is 11.9. The molecule has 0 atom stereocenters. The summed E-state index contributed by atoms with van der Waals surface area (Å²) in [5.41, 5.74) is 2.36. The van der Waals surface area contributed by atoms with Crippen molar-refractivity contribution in [1.29, 1.82) is 0 Å². The predicted molar refractivity (Wildman–Crippen MR) is 163 cm³/mol. The molecule has 12 heteroatoms. The van der Waals surface area contributed by atoms with Crippen molar-refractivity contribution in [1.82, 2.24) is 4.31 Å². The molecule has 1 N–H and O–H groups in total. The van der Waals surface area contributed by atoms with Gasteiger partial charge in [-0.1, -0.05) is 63.9 Å². The topological polar surface area (TPSA) is 104 Å². The number of benzene rings is 4.